The van der Waals surface area contributed by atoms with Crippen molar-refractivity contribution in [1.82, 2.24) is 0 Å². The molecule has 3 rings (SSSR count). The number of hydrogen-bond acceptors (Lipinski definition) is 4. The molecule has 1 aliphatic carbocycles. The Labute approximate surface area is 90.5 Å². The van der Waals surface area contributed by atoms with Crippen LogP contribution in [-0.2, 0) is 6.42 Å². The van der Waals surface area contributed by atoms with Crippen molar-refractivity contribution in [2.75, 3.05) is 0 Å². The summed E-state index contributed by atoms with van der Waals surface area (Å²) in [6.07, 6.45) is 3.01. The second-order valence-electron chi connectivity index (χ2n) is 4.24. The molecule has 3 nitrogen and oxygen atoms in total. The summed E-state index contributed by atoms with van der Waals surface area (Å²) in [4.78, 5) is 10.9. The van der Waals surface area contributed by atoms with E-state index < -0.39 is 0 Å². The molecular weight excluding hydrogens is 210 g/mol. The van der Waals surface area contributed by atoms with E-state index in [1.165, 1.54) is 11.3 Å². The van der Waals surface area contributed by atoms with Gasteiger partial charge in [-0.25, -0.2) is 4.79 Å². The molecule has 1 aliphatic rings. The van der Waals surface area contributed by atoms with Gasteiger partial charge in [0.05, 0.1) is 4.70 Å². The Balaban J connectivity index is 2.12. The van der Waals surface area contributed by atoms with Crippen molar-refractivity contribution in [3.63, 3.8) is 0 Å². The zero-order chi connectivity index (χ0) is 10.5. The van der Waals surface area contributed by atoms with Crippen LogP contribution in [0.2, 0.25) is 0 Å². The average molecular weight is 221 g/mol. The molecule has 0 bridgehead atoms. The molecule has 1 fully saturated rings. The lowest BCUT2D eigenvalue weighted by molar-refractivity contribution is 0.585. The van der Waals surface area contributed by atoms with Crippen LogP contribution in [0.5, 0.6) is 0 Å². The number of benzene rings is 1. The molecule has 0 aliphatic heterocycles. The fourth-order valence-corrected chi connectivity index (χ4v) is 2.59. The van der Waals surface area contributed by atoms with E-state index in [0.717, 1.165) is 29.5 Å². The SMILES string of the molecule is NC1(Cc2cccc3oc(=O)sc23)CC1. The number of fused-ring (bicyclic) bond motifs is 1. The summed E-state index contributed by atoms with van der Waals surface area (Å²) >= 11 is 1.17. The highest BCUT2D eigenvalue weighted by Gasteiger charge is 2.38. The summed E-state index contributed by atoms with van der Waals surface area (Å²) in [5, 5.41) is 0. The minimum Gasteiger partial charge on any atom is -0.414 e. The molecule has 78 valence electrons. The van der Waals surface area contributed by atoms with Crippen LogP contribution in [0.25, 0.3) is 10.3 Å². The van der Waals surface area contributed by atoms with E-state index in [1.54, 1.807) is 0 Å². The average Bonchev–Trinajstić information content (AvgIpc) is 2.76. The summed E-state index contributed by atoms with van der Waals surface area (Å²) in [5.74, 6) is 0. The van der Waals surface area contributed by atoms with Crippen molar-refractivity contribution < 1.29 is 4.42 Å². The second-order valence-corrected chi connectivity index (χ2v) is 5.18. The van der Waals surface area contributed by atoms with E-state index in [1.807, 2.05) is 18.2 Å². The molecule has 1 aromatic heterocycles. The van der Waals surface area contributed by atoms with Gasteiger partial charge in [0.2, 0.25) is 0 Å². The Kier molecular flexibility index (Phi) is 1.78. The van der Waals surface area contributed by atoms with E-state index in [2.05, 4.69) is 0 Å². The highest BCUT2D eigenvalue weighted by Crippen LogP contribution is 2.37. The lowest BCUT2D eigenvalue weighted by Gasteiger charge is -2.08. The first-order valence-electron chi connectivity index (χ1n) is 4.97. The van der Waals surface area contributed by atoms with Gasteiger partial charge in [-0.2, -0.15) is 0 Å². The quantitative estimate of drug-likeness (QED) is 0.842. The third-order valence-corrected chi connectivity index (χ3v) is 3.79. The zero-order valence-electron chi connectivity index (χ0n) is 8.16. The van der Waals surface area contributed by atoms with E-state index >= 15 is 0 Å². The Morgan fingerprint density at radius 3 is 3.00 bits per heavy atom. The molecule has 4 heteroatoms. The molecule has 0 radical (unpaired) electrons. The molecule has 0 unspecified atom stereocenters. The summed E-state index contributed by atoms with van der Waals surface area (Å²) in [6, 6.07) is 5.77. The standard InChI is InChI=1S/C11H11NO2S/c12-11(4-5-11)6-7-2-1-3-8-9(7)15-10(13)14-8/h1-3H,4-6,12H2. The summed E-state index contributed by atoms with van der Waals surface area (Å²) in [7, 11) is 0. The van der Waals surface area contributed by atoms with E-state index in [0.29, 0.717) is 5.58 Å². The van der Waals surface area contributed by atoms with E-state index in [9.17, 15) is 4.79 Å². The molecule has 2 aromatic rings. The van der Waals surface area contributed by atoms with Gasteiger partial charge in [0.15, 0.2) is 0 Å². The van der Waals surface area contributed by atoms with Crippen molar-refractivity contribution in [3.05, 3.63) is 33.5 Å². The van der Waals surface area contributed by atoms with Crippen molar-refractivity contribution in [3.8, 4) is 0 Å². The molecule has 2 N–H and O–H groups in total. The van der Waals surface area contributed by atoms with Gasteiger partial charge in [-0.15, -0.1) is 0 Å². The smallest absolute Gasteiger partial charge is 0.396 e. The molecule has 0 atom stereocenters. The third-order valence-electron chi connectivity index (χ3n) is 2.87. The maximum Gasteiger partial charge on any atom is 0.396 e. The van der Waals surface area contributed by atoms with Gasteiger partial charge in [-0.1, -0.05) is 23.5 Å². The molecule has 0 spiro atoms. The van der Waals surface area contributed by atoms with Crippen molar-refractivity contribution in [1.29, 1.82) is 0 Å². The monoisotopic (exact) mass is 221 g/mol. The predicted octanol–water partition coefficient (Wildman–Crippen LogP) is 1.89. The first-order chi connectivity index (χ1) is 7.16. The van der Waals surface area contributed by atoms with Crippen LogP contribution in [-0.4, -0.2) is 5.54 Å². The van der Waals surface area contributed by atoms with Crippen LogP contribution in [0, 0.1) is 0 Å². The first-order valence-corrected chi connectivity index (χ1v) is 5.78. The fraction of sp³-hybridized carbons (Fsp3) is 0.364. The van der Waals surface area contributed by atoms with Crippen LogP contribution in [0.15, 0.2) is 27.4 Å². The lowest BCUT2D eigenvalue weighted by atomic mass is 10.1. The normalized spacial score (nSPS) is 18.2. The van der Waals surface area contributed by atoms with Crippen LogP contribution >= 0.6 is 11.3 Å². The Morgan fingerprint density at radius 1 is 1.47 bits per heavy atom. The summed E-state index contributed by atoms with van der Waals surface area (Å²) in [6.45, 7) is 0. The van der Waals surface area contributed by atoms with Crippen LogP contribution in [0.1, 0.15) is 18.4 Å². The largest absolute Gasteiger partial charge is 0.414 e. The van der Waals surface area contributed by atoms with Crippen molar-refractivity contribution in [2.45, 2.75) is 24.8 Å². The van der Waals surface area contributed by atoms with Gasteiger partial charge in [-0.3, -0.25) is 0 Å². The minimum absolute atomic E-state index is 0.0265. The van der Waals surface area contributed by atoms with Crippen molar-refractivity contribution >= 4 is 21.6 Å². The molecule has 1 heterocycles. The first kappa shape index (κ1) is 9.12. The fourth-order valence-electron chi connectivity index (χ4n) is 1.81. The molecule has 0 saturated heterocycles. The molecule has 0 amide bonds. The zero-order valence-corrected chi connectivity index (χ0v) is 8.97. The van der Waals surface area contributed by atoms with Gasteiger partial charge in [0.1, 0.15) is 5.58 Å². The highest BCUT2D eigenvalue weighted by molar-refractivity contribution is 7.16. The number of nitrogens with two attached hydrogens (primary N) is 1. The second kappa shape index (κ2) is 2.93. The van der Waals surface area contributed by atoms with Gasteiger partial charge in [0.25, 0.3) is 0 Å². The highest BCUT2D eigenvalue weighted by atomic mass is 32.1. The summed E-state index contributed by atoms with van der Waals surface area (Å²) < 4.78 is 6.02. The third kappa shape index (κ3) is 1.60. The molecular formula is C11H11NO2S. The lowest BCUT2D eigenvalue weighted by Crippen LogP contribution is -2.24. The Hall–Kier alpha value is -1.13. The van der Waals surface area contributed by atoms with Gasteiger partial charge < -0.3 is 10.2 Å². The minimum atomic E-state index is -0.237. The number of rotatable bonds is 2. The van der Waals surface area contributed by atoms with Crippen LogP contribution in [0.3, 0.4) is 0 Å². The number of hydrogen-bond donors (Lipinski definition) is 1. The summed E-state index contributed by atoms with van der Waals surface area (Å²) in [5.41, 5.74) is 7.87. The van der Waals surface area contributed by atoms with Gasteiger partial charge in [0, 0.05) is 5.54 Å². The topological polar surface area (TPSA) is 56.2 Å². The van der Waals surface area contributed by atoms with Crippen molar-refractivity contribution in [2.24, 2.45) is 5.73 Å². The van der Waals surface area contributed by atoms with E-state index in [4.69, 9.17) is 10.2 Å². The van der Waals surface area contributed by atoms with Crippen LogP contribution in [0.4, 0.5) is 0 Å². The molecule has 1 saturated carbocycles. The van der Waals surface area contributed by atoms with Gasteiger partial charge >= 0.3 is 4.94 Å². The van der Waals surface area contributed by atoms with Gasteiger partial charge in [-0.05, 0) is 30.9 Å². The Morgan fingerprint density at radius 2 is 2.27 bits per heavy atom. The molecule has 1 aromatic carbocycles. The molecule has 15 heavy (non-hydrogen) atoms. The predicted molar refractivity (Wildman–Crippen MR) is 60.2 cm³/mol. The maximum atomic E-state index is 11.1. The van der Waals surface area contributed by atoms with E-state index in [-0.39, 0.29) is 10.5 Å². The van der Waals surface area contributed by atoms with Crippen LogP contribution < -0.4 is 10.7 Å². The Bertz CT molecular complexity index is 565. The maximum absolute atomic E-state index is 11.1.